The predicted molar refractivity (Wildman–Crippen MR) is 160 cm³/mol. The number of aliphatic imine (C=N–C) groups is 2. The van der Waals surface area contributed by atoms with Gasteiger partial charge in [-0.3, -0.25) is 9.98 Å². The molecule has 0 heterocycles. The molecule has 2 fully saturated rings. The van der Waals surface area contributed by atoms with Gasteiger partial charge in [0.15, 0.2) is 8.32 Å². The van der Waals surface area contributed by atoms with Crippen molar-refractivity contribution in [3.8, 4) is 0 Å². The maximum absolute atomic E-state index is 6.68. The van der Waals surface area contributed by atoms with Crippen molar-refractivity contribution >= 4 is 42.9 Å². The van der Waals surface area contributed by atoms with Gasteiger partial charge in [-0.25, -0.2) is 0 Å². The lowest BCUT2D eigenvalue weighted by atomic mass is 9.74. The van der Waals surface area contributed by atoms with Crippen molar-refractivity contribution in [3.05, 3.63) is 0 Å². The summed E-state index contributed by atoms with van der Waals surface area (Å²) >= 11 is 13.3. The van der Waals surface area contributed by atoms with Gasteiger partial charge in [0.1, 0.15) is 0 Å². The zero-order valence-electron chi connectivity index (χ0n) is 24.0. The second-order valence-corrected chi connectivity index (χ2v) is 17.9. The maximum Gasteiger partial charge on any atom is 0.183 e. The Hall–Kier alpha value is 0.0969. The van der Waals surface area contributed by atoms with E-state index in [1.807, 2.05) is 0 Å². The van der Waals surface area contributed by atoms with E-state index in [1.54, 1.807) is 0 Å². The molecule has 3 nitrogen and oxygen atoms in total. The van der Waals surface area contributed by atoms with E-state index in [4.69, 9.17) is 37.6 Å². The Morgan fingerprint density at radius 3 is 1.51 bits per heavy atom. The molecule has 35 heavy (non-hydrogen) atoms. The topological polar surface area (TPSA) is 34.0 Å². The van der Waals surface area contributed by atoms with Crippen molar-refractivity contribution in [2.45, 2.75) is 141 Å². The molecular formula is C29H54Cl2N2OSi. The summed E-state index contributed by atoms with van der Waals surface area (Å²) in [5, 5.41) is 0.589. The summed E-state index contributed by atoms with van der Waals surface area (Å²) in [6.45, 7) is 19.0. The van der Waals surface area contributed by atoms with Gasteiger partial charge >= 0.3 is 0 Å². The largest absolute Gasteiger partial charge is 0.418 e. The molecule has 2 saturated carbocycles. The van der Waals surface area contributed by atoms with E-state index in [2.05, 4.69) is 54.3 Å². The first-order valence-electron chi connectivity index (χ1n) is 14.6. The molecule has 0 aromatic heterocycles. The maximum atomic E-state index is 6.68. The van der Waals surface area contributed by atoms with Gasteiger partial charge in [0, 0.05) is 17.4 Å². The average molecular weight is 546 g/mol. The molecule has 0 bridgehead atoms. The molecule has 4 unspecified atom stereocenters. The van der Waals surface area contributed by atoms with E-state index in [0.29, 0.717) is 46.5 Å². The van der Waals surface area contributed by atoms with Gasteiger partial charge in [0.05, 0.1) is 23.5 Å². The molecule has 0 aromatic rings. The van der Waals surface area contributed by atoms with E-state index in [-0.39, 0.29) is 0 Å². The first-order chi connectivity index (χ1) is 16.5. The highest BCUT2D eigenvalue weighted by Crippen LogP contribution is 2.40. The molecule has 0 spiro atoms. The quantitative estimate of drug-likeness (QED) is 0.104. The average Bonchev–Trinajstić information content (AvgIpc) is 2.81. The highest BCUT2D eigenvalue weighted by molar-refractivity contribution is 6.69. The third-order valence-electron chi connectivity index (χ3n) is 8.42. The minimum absolute atomic E-state index is 0.293. The smallest absolute Gasteiger partial charge is 0.183 e. The Balaban J connectivity index is 2.36. The molecule has 204 valence electrons. The summed E-state index contributed by atoms with van der Waals surface area (Å²) in [5.41, 5.74) is 2.38. The molecule has 0 saturated heterocycles. The fraction of sp³-hybridized carbons (Fsp3) is 0.931. The third kappa shape index (κ3) is 9.73. The Bertz CT molecular complexity index is 665. The monoisotopic (exact) mass is 544 g/mol. The fourth-order valence-corrected chi connectivity index (χ4v) is 8.00. The highest BCUT2D eigenvalue weighted by atomic mass is 35.5. The number of halogens is 2. The van der Waals surface area contributed by atoms with Crippen molar-refractivity contribution in [1.29, 1.82) is 0 Å². The molecule has 0 radical (unpaired) electrons. The second kappa shape index (κ2) is 14.9. The Morgan fingerprint density at radius 1 is 0.743 bits per heavy atom. The Morgan fingerprint density at radius 2 is 1.14 bits per heavy atom. The van der Waals surface area contributed by atoms with Gasteiger partial charge < -0.3 is 4.43 Å². The van der Waals surface area contributed by atoms with Crippen LogP contribution in [-0.2, 0) is 4.43 Å². The summed E-state index contributed by atoms with van der Waals surface area (Å²) < 4.78 is 6.19. The number of alkyl halides is 2. The van der Waals surface area contributed by atoms with Crippen LogP contribution in [0, 0.1) is 23.7 Å². The molecule has 0 aromatic carbocycles. The molecule has 2 aliphatic rings. The van der Waals surface area contributed by atoms with Crippen LogP contribution >= 0.6 is 23.2 Å². The summed E-state index contributed by atoms with van der Waals surface area (Å²) in [5.74, 6) is 2.27. The van der Waals surface area contributed by atoms with Crippen molar-refractivity contribution in [3.63, 3.8) is 0 Å². The fourth-order valence-electron chi connectivity index (χ4n) is 6.32. The van der Waals surface area contributed by atoms with Crippen LogP contribution in [-0.4, -0.2) is 49.2 Å². The molecule has 0 aliphatic heterocycles. The van der Waals surface area contributed by atoms with E-state index < -0.39 is 8.32 Å². The van der Waals surface area contributed by atoms with Crippen molar-refractivity contribution < 1.29 is 4.43 Å². The Kier molecular flexibility index (Phi) is 13.3. The molecule has 2 aliphatic carbocycles. The molecule has 4 atom stereocenters. The minimum atomic E-state index is -1.51. The summed E-state index contributed by atoms with van der Waals surface area (Å²) in [7, 11) is -1.51. The Labute approximate surface area is 228 Å². The standard InChI is InChI=1S/C29H54Cl2N2OSi/c1-9-21-16-25(30)17-22(10-2)28(21)32-20(5)27(14-13-15-34-35(6,7)8)33-29-23(11-3)18-26(31)19-24(29)12-4/h21-26,28-29H,9-19H2,1-8H3. The number of rotatable bonds is 12. The number of hydrogen-bond acceptors (Lipinski definition) is 3. The minimum Gasteiger partial charge on any atom is -0.418 e. The first-order valence-corrected chi connectivity index (χ1v) is 18.8. The summed E-state index contributed by atoms with van der Waals surface area (Å²) in [6.07, 6.45) is 10.9. The lowest BCUT2D eigenvalue weighted by molar-refractivity contribution is 0.214. The second-order valence-electron chi connectivity index (χ2n) is 12.1. The zero-order chi connectivity index (χ0) is 26.2. The van der Waals surface area contributed by atoms with E-state index in [1.165, 1.54) is 5.71 Å². The summed E-state index contributed by atoms with van der Waals surface area (Å²) in [4.78, 5) is 11.0. The van der Waals surface area contributed by atoms with Crippen LogP contribution in [0.2, 0.25) is 19.6 Å². The third-order valence-corrected chi connectivity index (χ3v) is 10.2. The van der Waals surface area contributed by atoms with Crippen LogP contribution in [0.25, 0.3) is 0 Å². The molecule has 0 amide bonds. The summed E-state index contributed by atoms with van der Waals surface area (Å²) in [6, 6.07) is 0.728. The van der Waals surface area contributed by atoms with Crippen LogP contribution in [0.5, 0.6) is 0 Å². The van der Waals surface area contributed by atoms with Gasteiger partial charge in [0.25, 0.3) is 0 Å². The predicted octanol–water partition coefficient (Wildman–Crippen LogP) is 9.16. The normalized spacial score (nSPS) is 35.4. The molecule has 2 rings (SSSR count). The van der Waals surface area contributed by atoms with Crippen LogP contribution in [0.15, 0.2) is 9.98 Å². The van der Waals surface area contributed by atoms with Crippen LogP contribution in [0.3, 0.4) is 0 Å². The lowest BCUT2D eigenvalue weighted by Crippen LogP contribution is -2.38. The van der Waals surface area contributed by atoms with Gasteiger partial charge in [0.2, 0.25) is 0 Å². The van der Waals surface area contributed by atoms with Crippen LogP contribution in [0.1, 0.15) is 98.8 Å². The molecular weight excluding hydrogens is 491 g/mol. The van der Waals surface area contributed by atoms with Gasteiger partial charge in [-0.1, -0.05) is 53.4 Å². The van der Waals surface area contributed by atoms with Gasteiger partial charge in [-0.05, 0) is 88.8 Å². The number of nitrogens with zero attached hydrogens (tertiary/aromatic N) is 2. The van der Waals surface area contributed by atoms with Crippen LogP contribution in [0.4, 0.5) is 0 Å². The van der Waals surface area contributed by atoms with Crippen molar-refractivity contribution in [2.24, 2.45) is 33.7 Å². The van der Waals surface area contributed by atoms with E-state index in [0.717, 1.165) is 76.5 Å². The van der Waals surface area contributed by atoms with E-state index in [9.17, 15) is 0 Å². The van der Waals surface area contributed by atoms with Gasteiger partial charge in [-0.2, -0.15) is 0 Å². The van der Waals surface area contributed by atoms with Crippen molar-refractivity contribution in [2.75, 3.05) is 6.61 Å². The SMILES string of the molecule is CCC1CC(Cl)CC(CC)C1N=C(C)C(CCCO[Si](C)(C)C)=NC1C(CC)CC(Cl)CC1CC. The van der Waals surface area contributed by atoms with E-state index >= 15 is 0 Å². The van der Waals surface area contributed by atoms with Crippen LogP contribution < -0.4 is 0 Å². The lowest BCUT2D eigenvalue weighted by Gasteiger charge is -2.39. The number of hydrogen-bond donors (Lipinski definition) is 0. The highest BCUT2D eigenvalue weighted by Gasteiger charge is 2.37. The molecule has 0 N–H and O–H groups in total. The van der Waals surface area contributed by atoms with Gasteiger partial charge in [-0.15, -0.1) is 23.2 Å². The molecule has 6 heteroatoms. The first kappa shape index (κ1) is 31.3. The zero-order valence-corrected chi connectivity index (χ0v) is 26.5. The van der Waals surface area contributed by atoms with Crippen molar-refractivity contribution in [1.82, 2.24) is 0 Å².